The van der Waals surface area contributed by atoms with Gasteiger partial charge in [-0.15, -0.1) is 0 Å². The van der Waals surface area contributed by atoms with Crippen LogP contribution in [-0.4, -0.2) is 39.5 Å². The zero-order valence-corrected chi connectivity index (χ0v) is 19.9. The molecule has 1 fully saturated rings. The number of para-hydroxylation sites is 1. The molecule has 1 atom stereocenters. The van der Waals surface area contributed by atoms with Crippen LogP contribution in [0.15, 0.2) is 77.6 Å². The smallest absolute Gasteiger partial charge is 0.266 e. The van der Waals surface area contributed by atoms with E-state index in [1.54, 1.807) is 30.3 Å². The van der Waals surface area contributed by atoms with E-state index >= 15 is 0 Å². The van der Waals surface area contributed by atoms with Crippen LogP contribution in [0.4, 0.5) is 4.39 Å². The van der Waals surface area contributed by atoms with Crippen molar-refractivity contribution in [3.63, 3.8) is 0 Å². The number of carbonyl (C=O) groups excluding carboxylic acids is 1. The first kappa shape index (κ1) is 23.1. The Hall–Kier alpha value is -3.62. The minimum Gasteiger partial charge on any atom is -0.348 e. The van der Waals surface area contributed by atoms with Crippen molar-refractivity contribution in [2.45, 2.75) is 25.4 Å². The summed E-state index contributed by atoms with van der Waals surface area (Å²) in [6.45, 7) is 2.64. The zero-order chi connectivity index (χ0) is 24.4. The Kier molecular flexibility index (Phi) is 6.57. The SMILES string of the molecule is O=C(NC1CCCN(Cc2ccccc2)C1)c1ccc2c(=O)n(-c3ccccc3F)c(=S)[nH]c2c1. The second-order valence-electron chi connectivity index (χ2n) is 8.82. The molecule has 1 unspecified atom stereocenters. The van der Waals surface area contributed by atoms with Crippen LogP contribution in [0.5, 0.6) is 0 Å². The summed E-state index contributed by atoms with van der Waals surface area (Å²) in [7, 11) is 0. The van der Waals surface area contributed by atoms with Crippen molar-refractivity contribution in [2.75, 3.05) is 13.1 Å². The number of amides is 1. The van der Waals surface area contributed by atoms with Crippen LogP contribution in [0.2, 0.25) is 0 Å². The molecule has 5 rings (SSSR count). The predicted octanol–water partition coefficient (Wildman–Crippen LogP) is 4.58. The largest absolute Gasteiger partial charge is 0.348 e. The Morgan fingerprint density at radius 3 is 2.66 bits per heavy atom. The van der Waals surface area contributed by atoms with E-state index in [9.17, 15) is 14.0 Å². The highest BCUT2D eigenvalue weighted by Gasteiger charge is 2.22. The molecule has 2 heterocycles. The minimum absolute atomic E-state index is 0.0446. The van der Waals surface area contributed by atoms with Gasteiger partial charge in [-0.1, -0.05) is 42.5 Å². The molecule has 1 saturated heterocycles. The number of halogens is 1. The molecular formula is C27H25FN4O2S. The van der Waals surface area contributed by atoms with E-state index < -0.39 is 11.4 Å². The van der Waals surface area contributed by atoms with Crippen molar-refractivity contribution in [1.29, 1.82) is 0 Å². The number of benzene rings is 3. The molecule has 4 aromatic rings. The molecule has 0 saturated carbocycles. The number of carbonyl (C=O) groups is 1. The van der Waals surface area contributed by atoms with E-state index in [1.165, 1.54) is 17.7 Å². The van der Waals surface area contributed by atoms with E-state index in [-0.39, 0.29) is 22.4 Å². The second kappa shape index (κ2) is 9.93. The first-order chi connectivity index (χ1) is 17.0. The molecule has 35 heavy (non-hydrogen) atoms. The van der Waals surface area contributed by atoms with Gasteiger partial charge in [-0.3, -0.25) is 14.5 Å². The fraction of sp³-hybridized carbons (Fsp3) is 0.222. The lowest BCUT2D eigenvalue weighted by atomic mass is 10.0. The number of aromatic amines is 1. The average molecular weight is 489 g/mol. The molecule has 6 nitrogen and oxygen atoms in total. The highest BCUT2D eigenvalue weighted by Crippen LogP contribution is 2.17. The molecule has 0 radical (unpaired) electrons. The van der Waals surface area contributed by atoms with Crippen molar-refractivity contribution in [2.24, 2.45) is 0 Å². The summed E-state index contributed by atoms with van der Waals surface area (Å²) in [5.41, 5.74) is 1.77. The normalized spacial score (nSPS) is 16.3. The molecule has 3 aromatic carbocycles. The zero-order valence-electron chi connectivity index (χ0n) is 19.0. The lowest BCUT2D eigenvalue weighted by molar-refractivity contribution is 0.0901. The monoisotopic (exact) mass is 488 g/mol. The van der Waals surface area contributed by atoms with Gasteiger partial charge in [0.25, 0.3) is 11.5 Å². The predicted molar refractivity (Wildman–Crippen MR) is 137 cm³/mol. The Bertz CT molecular complexity index is 1500. The van der Waals surface area contributed by atoms with E-state index in [0.717, 1.165) is 37.0 Å². The van der Waals surface area contributed by atoms with Crippen molar-refractivity contribution >= 4 is 29.0 Å². The van der Waals surface area contributed by atoms with E-state index in [2.05, 4.69) is 27.3 Å². The number of aromatic nitrogens is 2. The number of nitrogens with one attached hydrogen (secondary N) is 2. The van der Waals surface area contributed by atoms with Gasteiger partial charge in [0, 0.05) is 24.7 Å². The van der Waals surface area contributed by atoms with Crippen LogP contribution < -0.4 is 10.9 Å². The molecule has 1 amide bonds. The highest BCUT2D eigenvalue weighted by molar-refractivity contribution is 7.71. The van der Waals surface area contributed by atoms with Gasteiger partial charge < -0.3 is 10.3 Å². The average Bonchev–Trinajstić information content (AvgIpc) is 2.85. The third-order valence-electron chi connectivity index (χ3n) is 6.34. The quantitative estimate of drug-likeness (QED) is 0.404. The molecule has 1 aliphatic heterocycles. The van der Waals surface area contributed by atoms with E-state index in [1.807, 2.05) is 18.2 Å². The molecule has 1 aromatic heterocycles. The van der Waals surface area contributed by atoms with Gasteiger partial charge >= 0.3 is 0 Å². The van der Waals surface area contributed by atoms with Crippen molar-refractivity contribution in [3.05, 3.63) is 105 Å². The van der Waals surface area contributed by atoms with Gasteiger partial charge in [-0.25, -0.2) is 8.96 Å². The maximum absolute atomic E-state index is 14.3. The molecule has 1 aliphatic rings. The fourth-order valence-electron chi connectivity index (χ4n) is 4.64. The number of hydrogen-bond acceptors (Lipinski definition) is 4. The number of hydrogen-bond donors (Lipinski definition) is 2. The minimum atomic E-state index is -0.543. The third kappa shape index (κ3) is 4.94. The summed E-state index contributed by atoms with van der Waals surface area (Å²) >= 11 is 5.35. The van der Waals surface area contributed by atoms with Gasteiger partial charge in [-0.05, 0) is 67.5 Å². The summed E-state index contributed by atoms with van der Waals surface area (Å²) in [5, 5.41) is 3.46. The van der Waals surface area contributed by atoms with Crippen LogP contribution in [0, 0.1) is 10.6 Å². The molecule has 0 spiro atoms. The highest BCUT2D eigenvalue weighted by atomic mass is 32.1. The summed E-state index contributed by atoms with van der Waals surface area (Å²) in [5.74, 6) is -0.741. The van der Waals surface area contributed by atoms with Gasteiger partial charge in [0.15, 0.2) is 4.77 Å². The maximum Gasteiger partial charge on any atom is 0.266 e. The summed E-state index contributed by atoms with van der Waals surface area (Å²) < 4.78 is 15.5. The molecule has 178 valence electrons. The summed E-state index contributed by atoms with van der Waals surface area (Å²) in [4.78, 5) is 31.4. The lowest BCUT2D eigenvalue weighted by Gasteiger charge is -2.33. The van der Waals surface area contributed by atoms with Crippen molar-refractivity contribution in [1.82, 2.24) is 19.8 Å². The maximum atomic E-state index is 14.3. The van der Waals surface area contributed by atoms with Crippen LogP contribution in [-0.2, 0) is 6.54 Å². The summed E-state index contributed by atoms with van der Waals surface area (Å²) in [6, 6.07) is 21.1. The Labute approximate surface area is 207 Å². The van der Waals surface area contributed by atoms with Gasteiger partial charge in [-0.2, -0.15) is 0 Å². The van der Waals surface area contributed by atoms with Crippen LogP contribution in [0.25, 0.3) is 16.6 Å². The fourth-order valence-corrected chi connectivity index (χ4v) is 4.93. The number of H-pyrrole nitrogens is 1. The Morgan fingerprint density at radius 1 is 1.09 bits per heavy atom. The van der Waals surface area contributed by atoms with E-state index in [4.69, 9.17) is 12.2 Å². The molecular weight excluding hydrogens is 463 g/mol. The topological polar surface area (TPSA) is 70.1 Å². The standard InChI is InChI=1S/C27H25FN4O2S/c28-22-10-4-5-11-24(22)32-26(34)21-13-12-19(15-23(21)30-27(32)35)25(33)29-20-9-6-14-31(17-20)16-18-7-2-1-3-8-18/h1-5,7-8,10-13,15,20H,6,9,14,16-17H2,(H,29,33)(H,30,35). The van der Waals surface area contributed by atoms with Gasteiger partial charge in [0.05, 0.1) is 16.6 Å². The Morgan fingerprint density at radius 2 is 1.86 bits per heavy atom. The number of fused-ring (bicyclic) bond motifs is 1. The number of piperidine rings is 1. The third-order valence-corrected chi connectivity index (χ3v) is 6.63. The van der Waals surface area contributed by atoms with Crippen molar-refractivity contribution < 1.29 is 9.18 Å². The lowest BCUT2D eigenvalue weighted by Crippen LogP contribution is -2.47. The van der Waals surface area contributed by atoms with Gasteiger partial charge in [0.1, 0.15) is 5.82 Å². The Balaban J connectivity index is 1.35. The van der Waals surface area contributed by atoms with E-state index in [0.29, 0.717) is 16.5 Å². The molecule has 8 heteroatoms. The second-order valence-corrected chi connectivity index (χ2v) is 9.20. The van der Waals surface area contributed by atoms with Crippen LogP contribution in [0.1, 0.15) is 28.8 Å². The molecule has 2 N–H and O–H groups in total. The van der Waals surface area contributed by atoms with Gasteiger partial charge in [0.2, 0.25) is 0 Å². The first-order valence-electron chi connectivity index (χ1n) is 11.6. The molecule has 0 aliphatic carbocycles. The van der Waals surface area contributed by atoms with Crippen LogP contribution in [0.3, 0.4) is 0 Å². The van der Waals surface area contributed by atoms with Crippen LogP contribution >= 0.6 is 12.2 Å². The number of nitrogens with zero attached hydrogens (tertiary/aromatic N) is 2. The summed E-state index contributed by atoms with van der Waals surface area (Å²) in [6.07, 6.45) is 1.93. The molecule has 0 bridgehead atoms. The first-order valence-corrected chi connectivity index (χ1v) is 12.0. The number of rotatable bonds is 5. The number of likely N-dealkylation sites (tertiary alicyclic amines) is 1. The van der Waals surface area contributed by atoms with Crippen molar-refractivity contribution in [3.8, 4) is 5.69 Å².